The molecule has 6 N–H and O–H groups in total. The number of ketones is 1. The largest absolute Gasteiger partial charge is 0.478 e. The van der Waals surface area contributed by atoms with Crippen molar-refractivity contribution in [3.05, 3.63) is 46.3 Å². The number of aliphatic hydroxyl groups excluding tert-OH is 1. The van der Waals surface area contributed by atoms with Gasteiger partial charge in [-0.25, -0.2) is 14.6 Å². The average molecular weight is 591 g/mol. The number of hydrogen-bond acceptors (Lipinski definition) is 13. The lowest BCUT2D eigenvalue weighted by Gasteiger charge is -2.49. The van der Waals surface area contributed by atoms with Crippen molar-refractivity contribution in [2.45, 2.75) is 37.0 Å². The van der Waals surface area contributed by atoms with Gasteiger partial charge in [0.2, 0.25) is 5.60 Å². The molecular formula is C23H22N6O9S2. The molecule has 4 heterocycles. The monoisotopic (exact) mass is 590 g/mol. The number of amides is 2. The Labute approximate surface area is 233 Å². The quantitative estimate of drug-likeness (QED) is 0.139. The van der Waals surface area contributed by atoms with Crippen molar-refractivity contribution in [1.82, 2.24) is 15.2 Å². The maximum Gasteiger partial charge on any atom is 0.352 e. The number of carboxylic acids is 2. The molecule has 0 aliphatic carbocycles. The van der Waals surface area contributed by atoms with Crippen LogP contribution in [0.1, 0.15) is 19.5 Å². The van der Waals surface area contributed by atoms with Gasteiger partial charge in [-0.1, -0.05) is 11.2 Å². The lowest BCUT2D eigenvalue weighted by Crippen LogP contribution is -2.71. The number of anilines is 1. The number of nitrogens with zero attached hydrogens (tertiary/aromatic N) is 4. The third kappa shape index (κ3) is 5.65. The first-order valence-corrected chi connectivity index (χ1v) is 13.3. The van der Waals surface area contributed by atoms with Crippen LogP contribution in [0.4, 0.5) is 5.13 Å². The molecule has 3 aliphatic heterocycles. The number of carbonyl (C=O) groups excluding carboxylic acids is 3. The van der Waals surface area contributed by atoms with Gasteiger partial charge >= 0.3 is 11.9 Å². The molecule has 0 spiro atoms. The number of aliphatic carboxylic acids is 2. The molecule has 17 heteroatoms. The molecule has 0 saturated carbocycles. The summed E-state index contributed by atoms with van der Waals surface area (Å²) in [5.41, 5.74) is 3.61. The molecule has 1 aromatic rings. The Balaban J connectivity index is 1.54. The number of aromatic nitrogens is 1. The van der Waals surface area contributed by atoms with Crippen LogP contribution in [0.15, 0.2) is 50.7 Å². The summed E-state index contributed by atoms with van der Waals surface area (Å²) in [5, 5.41) is 35.5. The summed E-state index contributed by atoms with van der Waals surface area (Å²) in [6.07, 6.45) is 3.63. The highest BCUT2D eigenvalue weighted by Crippen LogP contribution is 2.40. The molecule has 15 nitrogen and oxygen atoms in total. The number of nitrogens with one attached hydrogen (secondary N) is 1. The van der Waals surface area contributed by atoms with E-state index in [4.69, 9.17) is 10.6 Å². The molecule has 40 heavy (non-hydrogen) atoms. The normalized spacial score (nSPS) is 23.1. The minimum absolute atomic E-state index is 0.00895. The third-order valence-corrected chi connectivity index (χ3v) is 7.72. The van der Waals surface area contributed by atoms with Crippen molar-refractivity contribution >= 4 is 69.7 Å². The van der Waals surface area contributed by atoms with Crippen LogP contribution < -0.4 is 11.1 Å². The first-order valence-electron chi connectivity index (χ1n) is 11.4. The van der Waals surface area contributed by atoms with E-state index in [-0.39, 0.29) is 33.5 Å². The predicted octanol–water partition coefficient (Wildman–Crippen LogP) is -0.498. The summed E-state index contributed by atoms with van der Waals surface area (Å²) in [6.45, 7) is 2.44. The summed E-state index contributed by atoms with van der Waals surface area (Å²) in [6, 6.07) is -1.13. The van der Waals surface area contributed by atoms with Crippen molar-refractivity contribution in [1.29, 1.82) is 0 Å². The summed E-state index contributed by atoms with van der Waals surface area (Å²) >= 11 is 2.19. The average Bonchev–Trinajstić information content (AvgIpc) is 3.32. The predicted molar refractivity (Wildman–Crippen MR) is 142 cm³/mol. The first kappa shape index (κ1) is 28.7. The number of fused-ring (bicyclic) bond motifs is 1. The number of nitrogen functional groups attached to an aromatic ring is 1. The van der Waals surface area contributed by atoms with Gasteiger partial charge in [-0.3, -0.25) is 24.3 Å². The highest BCUT2D eigenvalue weighted by atomic mass is 32.2. The van der Waals surface area contributed by atoms with Gasteiger partial charge in [0.1, 0.15) is 22.8 Å². The number of hydrogen-bond donors (Lipinski definition) is 5. The van der Waals surface area contributed by atoms with E-state index in [1.807, 2.05) is 0 Å². The van der Waals surface area contributed by atoms with Gasteiger partial charge in [-0.05, 0) is 25.5 Å². The Hall–Kier alpha value is -4.35. The second kappa shape index (κ2) is 11.0. The number of oxime groups is 1. The van der Waals surface area contributed by atoms with Crippen LogP contribution in [0.3, 0.4) is 0 Å². The molecule has 0 radical (unpaired) electrons. The fourth-order valence-electron chi connectivity index (χ4n) is 3.56. The zero-order valence-corrected chi connectivity index (χ0v) is 22.4. The number of allylic oxidation sites excluding steroid dienone is 2. The van der Waals surface area contributed by atoms with Crippen molar-refractivity contribution < 1.29 is 44.1 Å². The van der Waals surface area contributed by atoms with E-state index in [2.05, 4.69) is 20.4 Å². The number of carbonyl (C=O) groups is 5. The van der Waals surface area contributed by atoms with Crippen LogP contribution >= 0.6 is 23.1 Å². The number of aliphatic hydroxyl groups is 1. The molecule has 1 fully saturated rings. The summed E-state index contributed by atoms with van der Waals surface area (Å²) in [7, 11) is 0. The minimum atomic E-state index is -1.79. The first-order chi connectivity index (χ1) is 18.8. The molecule has 2 amide bonds. The Morgan fingerprint density at radius 1 is 1.27 bits per heavy atom. The Bertz CT molecular complexity index is 1460. The van der Waals surface area contributed by atoms with Crippen LogP contribution in [0, 0.1) is 0 Å². The standard InChI is InChI=1S/C23H22N6O9S2/c1-23(2,21(36)37)38-28-14(11-8-40-22(24)26-11)17(32)27-15-18(33)29-16(20(34)35)9(7-39-19(15)29)3-4-10-5-12(30)13(31)6-25-10/h3-6,8,13,15,19,31H,7H2,1-2H3,(H2,24,26)(H,27,32)(H,34,35)(H,36,37)/b4-3?,28-14-/t13?,15-,19-/m1/s1. The second-order valence-electron chi connectivity index (χ2n) is 8.99. The number of thioether (sulfide) groups is 1. The smallest absolute Gasteiger partial charge is 0.352 e. The molecule has 3 aliphatic rings. The SMILES string of the molecule is CC(C)(O/N=C(\C(=O)N[C@@H]1C(=O)N2C(C(=O)O)=C(C=CC3=CC(=O)C(O)C=N3)CS[C@H]12)c1csc(N)n1)C(=O)O. The molecule has 3 atom stereocenters. The summed E-state index contributed by atoms with van der Waals surface area (Å²) in [5.74, 6) is -4.76. The molecular weight excluding hydrogens is 568 g/mol. The van der Waals surface area contributed by atoms with Gasteiger partial charge in [0, 0.05) is 23.4 Å². The van der Waals surface area contributed by atoms with E-state index >= 15 is 0 Å². The second-order valence-corrected chi connectivity index (χ2v) is 11.0. The fraction of sp³-hybridized carbons (Fsp3) is 0.304. The number of rotatable bonds is 9. The molecule has 0 bridgehead atoms. The lowest BCUT2D eigenvalue weighted by atomic mass is 10.0. The van der Waals surface area contributed by atoms with Gasteiger partial charge in [0.05, 0.1) is 5.70 Å². The molecule has 210 valence electrons. The number of β-lactam (4-membered cyclic amide) rings is 1. The molecule has 1 unspecified atom stereocenters. The molecule has 0 aromatic carbocycles. The van der Waals surface area contributed by atoms with Crippen molar-refractivity contribution in [3.8, 4) is 0 Å². The highest BCUT2D eigenvalue weighted by molar-refractivity contribution is 8.00. The Kier molecular flexibility index (Phi) is 7.90. The maximum absolute atomic E-state index is 13.1. The van der Waals surface area contributed by atoms with Crippen LogP contribution in [-0.2, 0) is 28.8 Å². The third-order valence-electron chi connectivity index (χ3n) is 5.75. The van der Waals surface area contributed by atoms with E-state index in [9.17, 15) is 39.3 Å². The van der Waals surface area contributed by atoms with Crippen LogP contribution in [0.5, 0.6) is 0 Å². The number of thiazole rings is 1. The number of carboxylic acid groups (broad SMARTS) is 2. The summed E-state index contributed by atoms with van der Waals surface area (Å²) in [4.78, 5) is 75.3. The van der Waals surface area contributed by atoms with Gasteiger partial charge in [0.15, 0.2) is 22.7 Å². The van der Waals surface area contributed by atoms with E-state index < -0.39 is 58.4 Å². The van der Waals surface area contributed by atoms with Crippen LogP contribution in [-0.4, -0.2) is 95.5 Å². The minimum Gasteiger partial charge on any atom is -0.478 e. The Morgan fingerprint density at radius 2 is 2.00 bits per heavy atom. The fourth-order valence-corrected chi connectivity index (χ4v) is 5.42. The Morgan fingerprint density at radius 3 is 2.60 bits per heavy atom. The number of aliphatic imine (C=N–C) groups is 1. The molecule has 1 saturated heterocycles. The summed E-state index contributed by atoms with van der Waals surface area (Å²) < 4.78 is 0. The van der Waals surface area contributed by atoms with Gasteiger partial charge in [-0.2, -0.15) is 0 Å². The van der Waals surface area contributed by atoms with E-state index in [1.165, 1.54) is 43.1 Å². The van der Waals surface area contributed by atoms with Crippen LogP contribution in [0.25, 0.3) is 0 Å². The van der Waals surface area contributed by atoms with E-state index in [1.54, 1.807) is 0 Å². The zero-order chi connectivity index (χ0) is 29.4. The van der Waals surface area contributed by atoms with Gasteiger partial charge < -0.3 is 31.2 Å². The lowest BCUT2D eigenvalue weighted by molar-refractivity contribution is -0.161. The maximum atomic E-state index is 13.1. The molecule has 4 rings (SSSR count). The van der Waals surface area contributed by atoms with Crippen molar-refractivity contribution in [2.75, 3.05) is 11.5 Å². The van der Waals surface area contributed by atoms with Crippen molar-refractivity contribution in [3.63, 3.8) is 0 Å². The number of nitrogens with two attached hydrogens (primary N) is 1. The highest BCUT2D eigenvalue weighted by Gasteiger charge is 2.54. The van der Waals surface area contributed by atoms with Crippen LogP contribution in [0.2, 0.25) is 0 Å². The molecule has 1 aromatic heterocycles. The topological polar surface area (TPSA) is 234 Å². The van der Waals surface area contributed by atoms with Crippen molar-refractivity contribution in [2.24, 2.45) is 10.1 Å². The van der Waals surface area contributed by atoms with Gasteiger partial charge in [-0.15, -0.1) is 23.1 Å². The van der Waals surface area contributed by atoms with E-state index in [0.29, 0.717) is 0 Å². The van der Waals surface area contributed by atoms with Gasteiger partial charge in [0.25, 0.3) is 11.8 Å². The zero-order valence-electron chi connectivity index (χ0n) is 20.8. The van der Waals surface area contributed by atoms with E-state index in [0.717, 1.165) is 28.5 Å².